The van der Waals surface area contributed by atoms with Crippen LogP contribution in [0, 0.1) is 23.1 Å². The summed E-state index contributed by atoms with van der Waals surface area (Å²) in [6.45, 7) is 6.78. The highest BCUT2D eigenvalue weighted by Crippen LogP contribution is 2.38. The number of hydrogen-bond acceptors (Lipinski definition) is 5. The number of benzene rings is 1. The van der Waals surface area contributed by atoms with Crippen molar-refractivity contribution in [2.45, 2.75) is 70.2 Å². The predicted molar refractivity (Wildman–Crippen MR) is 115 cm³/mol. The van der Waals surface area contributed by atoms with Gasteiger partial charge in [-0.15, -0.1) is 0 Å². The minimum Gasteiger partial charge on any atom is -0.339 e. The first-order chi connectivity index (χ1) is 14.8. The molecule has 2 amide bonds. The van der Waals surface area contributed by atoms with Crippen LogP contribution in [0.2, 0.25) is 0 Å². The van der Waals surface area contributed by atoms with Gasteiger partial charge < -0.3 is 16.0 Å². The number of amides is 2. The Bertz CT molecular complexity index is 857. The zero-order valence-corrected chi connectivity index (χ0v) is 18.4. The standard InChI is InChI=1S/C23H32FN5O2/c1-4-14(2)9-16(11-25)27-22(30)20(26)13-28-12-17-10-21(28)23(31)29(17)15(3)18-7-5-6-8-19(18)24/h5-8,14-17,20-21H,4,9-10,12-13,26H2,1-3H3,(H,27,30)/t14?,15-,16?,17?,20?,21?/m0/s1. The van der Waals surface area contributed by atoms with Crippen LogP contribution in [0.25, 0.3) is 0 Å². The summed E-state index contributed by atoms with van der Waals surface area (Å²) in [5.74, 6) is -0.408. The van der Waals surface area contributed by atoms with Gasteiger partial charge in [-0.3, -0.25) is 14.5 Å². The normalized spacial score (nSPS) is 24.5. The second kappa shape index (κ2) is 9.75. The molecule has 2 heterocycles. The monoisotopic (exact) mass is 429 g/mol. The summed E-state index contributed by atoms with van der Waals surface area (Å²) in [7, 11) is 0. The Labute approximate surface area is 183 Å². The van der Waals surface area contributed by atoms with Gasteiger partial charge in [0.2, 0.25) is 11.8 Å². The number of piperazine rings is 1. The topological polar surface area (TPSA) is 102 Å². The van der Waals surface area contributed by atoms with Crippen LogP contribution < -0.4 is 11.1 Å². The van der Waals surface area contributed by atoms with Crippen LogP contribution in [0.5, 0.6) is 0 Å². The van der Waals surface area contributed by atoms with E-state index in [0.29, 0.717) is 30.9 Å². The summed E-state index contributed by atoms with van der Waals surface area (Å²) in [6, 6.07) is 6.54. The molecule has 3 N–H and O–H groups in total. The molecule has 8 heteroatoms. The van der Waals surface area contributed by atoms with Gasteiger partial charge in [0.05, 0.1) is 24.2 Å². The Kier molecular flexibility index (Phi) is 7.29. The average molecular weight is 430 g/mol. The van der Waals surface area contributed by atoms with Crippen molar-refractivity contribution in [3.8, 4) is 6.07 Å². The van der Waals surface area contributed by atoms with Crippen molar-refractivity contribution < 1.29 is 14.0 Å². The van der Waals surface area contributed by atoms with E-state index in [-0.39, 0.29) is 42.3 Å². The van der Waals surface area contributed by atoms with Crippen molar-refractivity contribution in [3.05, 3.63) is 35.6 Å². The van der Waals surface area contributed by atoms with Crippen molar-refractivity contribution in [2.75, 3.05) is 13.1 Å². The molecule has 0 spiro atoms. The van der Waals surface area contributed by atoms with E-state index in [1.165, 1.54) is 6.07 Å². The molecule has 2 aliphatic rings. The molecular formula is C23H32FN5O2. The van der Waals surface area contributed by atoms with Crippen molar-refractivity contribution in [1.82, 2.24) is 15.1 Å². The van der Waals surface area contributed by atoms with E-state index in [4.69, 9.17) is 5.73 Å². The first-order valence-electron chi connectivity index (χ1n) is 11.0. The average Bonchev–Trinajstić information content (AvgIpc) is 3.30. The molecule has 0 saturated carbocycles. The number of nitrogens with zero attached hydrogens (tertiary/aromatic N) is 3. The largest absolute Gasteiger partial charge is 0.339 e. The van der Waals surface area contributed by atoms with Crippen LogP contribution >= 0.6 is 0 Å². The third-order valence-corrected chi connectivity index (χ3v) is 6.66. The molecule has 0 aromatic heterocycles. The minimum absolute atomic E-state index is 0.0281. The van der Waals surface area contributed by atoms with Crippen LogP contribution in [0.15, 0.2) is 24.3 Å². The number of halogens is 1. The fourth-order valence-corrected chi connectivity index (χ4v) is 4.69. The van der Waals surface area contributed by atoms with Crippen LogP contribution in [0.1, 0.15) is 51.6 Å². The number of nitrogens with one attached hydrogen (secondary N) is 1. The van der Waals surface area contributed by atoms with Gasteiger partial charge in [-0.1, -0.05) is 38.5 Å². The second-order valence-corrected chi connectivity index (χ2v) is 8.85. The number of likely N-dealkylation sites (tertiary alicyclic amines) is 2. The van der Waals surface area contributed by atoms with Crippen molar-refractivity contribution in [2.24, 2.45) is 11.7 Å². The first-order valence-corrected chi connectivity index (χ1v) is 11.0. The molecule has 2 bridgehead atoms. The summed E-state index contributed by atoms with van der Waals surface area (Å²) in [4.78, 5) is 29.2. The molecule has 7 nitrogen and oxygen atoms in total. The van der Waals surface area contributed by atoms with Gasteiger partial charge >= 0.3 is 0 Å². The SMILES string of the molecule is CCC(C)CC(C#N)NC(=O)C(N)CN1CC2CC1C(=O)N2[C@@H](C)c1ccccc1F. The van der Waals surface area contributed by atoms with Crippen LogP contribution in [-0.2, 0) is 9.59 Å². The lowest BCUT2D eigenvalue weighted by Crippen LogP contribution is -2.56. The van der Waals surface area contributed by atoms with Crippen LogP contribution in [0.3, 0.4) is 0 Å². The van der Waals surface area contributed by atoms with Gasteiger partial charge in [-0.25, -0.2) is 4.39 Å². The quantitative estimate of drug-likeness (QED) is 0.625. The lowest BCUT2D eigenvalue weighted by atomic mass is 10.00. The Morgan fingerprint density at radius 3 is 2.71 bits per heavy atom. The van der Waals surface area contributed by atoms with Crippen LogP contribution in [0.4, 0.5) is 4.39 Å². The van der Waals surface area contributed by atoms with Gasteiger partial charge in [0, 0.05) is 24.7 Å². The lowest BCUT2D eigenvalue weighted by Gasteiger charge is -2.38. The molecule has 1 aromatic carbocycles. The smallest absolute Gasteiger partial charge is 0.240 e. The second-order valence-electron chi connectivity index (χ2n) is 8.85. The maximum atomic E-state index is 14.2. The predicted octanol–water partition coefficient (Wildman–Crippen LogP) is 1.94. The third kappa shape index (κ3) is 4.89. The fraction of sp³-hybridized carbons (Fsp3) is 0.609. The highest BCUT2D eigenvalue weighted by atomic mass is 19.1. The number of nitriles is 1. The minimum atomic E-state index is -0.822. The van der Waals surface area contributed by atoms with E-state index >= 15 is 0 Å². The number of hydrogen-bond donors (Lipinski definition) is 2. The third-order valence-electron chi connectivity index (χ3n) is 6.66. The van der Waals surface area contributed by atoms with Gasteiger partial charge in [0.15, 0.2) is 0 Å². The van der Waals surface area contributed by atoms with Crippen molar-refractivity contribution in [1.29, 1.82) is 5.26 Å². The molecule has 31 heavy (non-hydrogen) atoms. The molecule has 2 saturated heterocycles. The maximum Gasteiger partial charge on any atom is 0.240 e. The van der Waals surface area contributed by atoms with E-state index in [2.05, 4.69) is 11.4 Å². The lowest BCUT2D eigenvalue weighted by molar-refractivity contribution is -0.139. The van der Waals surface area contributed by atoms with E-state index < -0.39 is 12.1 Å². The Morgan fingerprint density at radius 1 is 1.39 bits per heavy atom. The Hall–Kier alpha value is -2.50. The van der Waals surface area contributed by atoms with Crippen LogP contribution in [-0.4, -0.2) is 58.9 Å². The van der Waals surface area contributed by atoms with Crippen molar-refractivity contribution in [3.63, 3.8) is 0 Å². The molecule has 2 fully saturated rings. The van der Waals surface area contributed by atoms with Gasteiger partial charge in [0.25, 0.3) is 0 Å². The Morgan fingerprint density at radius 2 is 2.10 bits per heavy atom. The number of carbonyl (C=O) groups is 2. The molecule has 2 aliphatic heterocycles. The highest BCUT2D eigenvalue weighted by Gasteiger charge is 2.51. The number of fused-ring (bicyclic) bond motifs is 2. The van der Waals surface area contributed by atoms with E-state index in [9.17, 15) is 19.2 Å². The van der Waals surface area contributed by atoms with Gasteiger partial charge in [-0.05, 0) is 31.7 Å². The molecule has 5 unspecified atom stereocenters. The zero-order chi connectivity index (χ0) is 22.7. The number of rotatable bonds is 9. The summed E-state index contributed by atoms with van der Waals surface area (Å²) in [5.41, 5.74) is 6.62. The Balaban J connectivity index is 1.58. The van der Waals surface area contributed by atoms with E-state index in [1.54, 1.807) is 23.1 Å². The summed E-state index contributed by atoms with van der Waals surface area (Å²) in [5, 5.41) is 12.0. The number of nitrogens with two attached hydrogens (primary N) is 1. The molecule has 6 atom stereocenters. The van der Waals surface area contributed by atoms with Gasteiger partial charge in [0.1, 0.15) is 11.9 Å². The zero-order valence-electron chi connectivity index (χ0n) is 18.4. The highest BCUT2D eigenvalue weighted by molar-refractivity contribution is 5.87. The summed E-state index contributed by atoms with van der Waals surface area (Å²) < 4.78 is 14.2. The van der Waals surface area contributed by atoms with E-state index in [0.717, 1.165) is 6.42 Å². The molecule has 3 rings (SSSR count). The summed E-state index contributed by atoms with van der Waals surface area (Å²) >= 11 is 0. The van der Waals surface area contributed by atoms with Gasteiger partial charge in [-0.2, -0.15) is 5.26 Å². The molecule has 0 aliphatic carbocycles. The maximum absolute atomic E-state index is 14.2. The number of carbonyl (C=O) groups excluding carboxylic acids is 2. The molecule has 0 radical (unpaired) electrons. The molecule has 1 aromatic rings. The summed E-state index contributed by atoms with van der Waals surface area (Å²) in [6.07, 6.45) is 2.17. The fourth-order valence-electron chi connectivity index (χ4n) is 4.69. The molecular weight excluding hydrogens is 397 g/mol. The van der Waals surface area contributed by atoms with Crippen molar-refractivity contribution >= 4 is 11.8 Å². The first kappa shape index (κ1) is 23.2. The molecule has 168 valence electrons. The van der Waals surface area contributed by atoms with E-state index in [1.807, 2.05) is 25.7 Å².